The molecule has 1 aromatic carbocycles. The maximum Gasteiger partial charge on any atom is 0.314 e. The monoisotopic (exact) mass is 376 g/mol. The molecule has 0 radical (unpaired) electrons. The molecule has 152 valence electrons. The van der Waals surface area contributed by atoms with Crippen LogP contribution in [0.3, 0.4) is 0 Å². The second-order valence-corrected chi connectivity index (χ2v) is 7.60. The SMILES string of the molecule is CCCCCCCCCCC(=O)Oc1ccccc1OC(=O)C(C)C(C)C. The van der Waals surface area contributed by atoms with Crippen LogP contribution in [0, 0.1) is 11.8 Å². The van der Waals surface area contributed by atoms with E-state index in [2.05, 4.69) is 6.92 Å². The van der Waals surface area contributed by atoms with Gasteiger partial charge in [0.25, 0.3) is 0 Å². The molecule has 0 bridgehead atoms. The highest BCUT2D eigenvalue weighted by molar-refractivity contribution is 5.77. The third-order valence-electron chi connectivity index (χ3n) is 4.89. The molecule has 0 aliphatic rings. The van der Waals surface area contributed by atoms with Crippen LogP contribution < -0.4 is 9.47 Å². The molecule has 1 rings (SSSR count). The van der Waals surface area contributed by atoms with Crippen LogP contribution in [-0.2, 0) is 9.59 Å². The number of unbranched alkanes of at least 4 members (excludes halogenated alkanes) is 7. The summed E-state index contributed by atoms with van der Waals surface area (Å²) >= 11 is 0. The first kappa shape index (κ1) is 23.2. The van der Waals surface area contributed by atoms with E-state index in [9.17, 15) is 9.59 Å². The number of ether oxygens (including phenoxy) is 2. The molecule has 0 fully saturated rings. The molecule has 0 N–H and O–H groups in total. The fourth-order valence-electron chi connectivity index (χ4n) is 2.67. The summed E-state index contributed by atoms with van der Waals surface area (Å²) in [6, 6.07) is 6.85. The smallest absolute Gasteiger partial charge is 0.314 e. The molecule has 0 saturated heterocycles. The first-order valence-corrected chi connectivity index (χ1v) is 10.5. The van der Waals surface area contributed by atoms with Crippen molar-refractivity contribution in [1.82, 2.24) is 0 Å². The van der Waals surface area contributed by atoms with Gasteiger partial charge < -0.3 is 9.47 Å². The summed E-state index contributed by atoms with van der Waals surface area (Å²) in [5.74, 6) is 0.00359. The fraction of sp³-hybridized carbons (Fsp3) is 0.652. The molecule has 4 nitrogen and oxygen atoms in total. The van der Waals surface area contributed by atoms with Crippen LogP contribution in [0.5, 0.6) is 11.5 Å². The summed E-state index contributed by atoms with van der Waals surface area (Å²) in [4.78, 5) is 24.3. The van der Waals surface area contributed by atoms with E-state index < -0.39 is 0 Å². The standard InChI is InChI=1S/C23H36O4/c1-5-6-7-8-9-10-11-12-17-22(24)26-20-15-13-14-16-21(20)27-23(25)19(4)18(2)3/h13-16,18-19H,5-12,17H2,1-4H3. The minimum Gasteiger partial charge on any atom is -0.423 e. The molecule has 27 heavy (non-hydrogen) atoms. The number of hydrogen-bond donors (Lipinski definition) is 0. The van der Waals surface area contributed by atoms with Gasteiger partial charge in [0.15, 0.2) is 11.5 Å². The summed E-state index contributed by atoms with van der Waals surface area (Å²) in [6.45, 7) is 8.00. The Morgan fingerprint density at radius 3 is 1.89 bits per heavy atom. The van der Waals surface area contributed by atoms with Crippen molar-refractivity contribution in [2.45, 2.75) is 85.5 Å². The molecule has 1 aromatic rings. The van der Waals surface area contributed by atoms with Crippen molar-refractivity contribution < 1.29 is 19.1 Å². The lowest BCUT2D eigenvalue weighted by Crippen LogP contribution is -2.22. The summed E-state index contributed by atoms with van der Waals surface area (Å²) in [5.41, 5.74) is 0. The van der Waals surface area contributed by atoms with Crippen molar-refractivity contribution in [3.8, 4) is 11.5 Å². The Bertz CT molecular complexity index is 565. The number of carbonyl (C=O) groups is 2. The van der Waals surface area contributed by atoms with Gasteiger partial charge in [-0.2, -0.15) is 0 Å². The van der Waals surface area contributed by atoms with Gasteiger partial charge >= 0.3 is 11.9 Å². The van der Waals surface area contributed by atoms with Crippen molar-refractivity contribution >= 4 is 11.9 Å². The van der Waals surface area contributed by atoms with Gasteiger partial charge in [-0.05, 0) is 24.5 Å². The first-order valence-electron chi connectivity index (χ1n) is 10.5. The van der Waals surface area contributed by atoms with Crippen LogP contribution in [0.2, 0.25) is 0 Å². The van der Waals surface area contributed by atoms with Crippen LogP contribution in [0.4, 0.5) is 0 Å². The van der Waals surface area contributed by atoms with Crippen molar-refractivity contribution in [3.63, 3.8) is 0 Å². The van der Waals surface area contributed by atoms with E-state index in [1.807, 2.05) is 20.8 Å². The summed E-state index contributed by atoms with van der Waals surface area (Å²) in [6.07, 6.45) is 9.84. The zero-order chi connectivity index (χ0) is 20.1. The molecule has 4 heteroatoms. The van der Waals surface area contributed by atoms with Crippen molar-refractivity contribution in [2.75, 3.05) is 0 Å². The molecule has 0 heterocycles. The number of para-hydroxylation sites is 2. The van der Waals surface area contributed by atoms with E-state index in [1.54, 1.807) is 24.3 Å². The molecule has 0 amide bonds. The van der Waals surface area contributed by atoms with E-state index >= 15 is 0 Å². The van der Waals surface area contributed by atoms with Gasteiger partial charge in [0, 0.05) is 6.42 Å². The molecule has 1 unspecified atom stereocenters. The molecule has 0 aliphatic carbocycles. The Morgan fingerprint density at radius 2 is 1.33 bits per heavy atom. The predicted molar refractivity (Wildman–Crippen MR) is 109 cm³/mol. The summed E-state index contributed by atoms with van der Waals surface area (Å²) in [7, 11) is 0. The molecule has 0 saturated carbocycles. The lowest BCUT2D eigenvalue weighted by atomic mass is 9.99. The highest BCUT2D eigenvalue weighted by atomic mass is 16.6. The van der Waals surface area contributed by atoms with E-state index in [4.69, 9.17) is 9.47 Å². The molecule has 0 aliphatic heterocycles. The highest BCUT2D eigenvalue weighted by Crippen LogP contribution is 2.28. The van der Waals surface area contributed by atoms with Gasteiger partial charge in [0.05, 0.1) is 5.92 Å². The van der Waals surface area contributed by atoms with E-state index in [0.717, 1.165) is 19.3 Å². The molecular formula is C23H36O4. The minimum atomic E-state index is -0.309. The quantitative estimate of drug-likeness (QED) is 0.230. The average Bonchev–Trinajstić information content (AvgIpc) is 2.64. The Kier molecular flexibility index (Phi) is 11.5. The topological polar surface area (TPSA) is 52.6 Å². The Hall–Kier alpha value is -1.84. The molecule has 1 atom stereocenters. The van der Waals surface area contributed by atoms with Crippen molar-refractivity contribution in [3.05, 3.63) is 24.3 Å². The van der Waals surface area contributed by atoms with Crippen LogP contribution >= 0.6 is 0 Å². The number of hydrogen-bond acceptors (Lipinski definition) is 4. The number of benzene rings is 1. The van der Waals surface area contributed by atoms with Gasteiger partial charge in [-0.15, -0.1) is 0 Å². The third kappa shape index (κ3) is 9.60. The molecule has 0 aromatic heterocycles. The minimum absolute atomic E-state index is 0.189. The zero-order valence-electron chi connectivity index (χ0n) is 17.5. The van der Waals surface area contributed by atoms with Crippen LogP contribution in [-0.4, -0.2) is 11.9 Å². The highest BCUT2D eigenvalue weighted by Gasteiger charge is 2.21. The van der Waals surface area contributed by atoms with Crippen molar-refractivity contribution in [1.29, 1.82) is 0 Å². The van der Waals surface area contributed by atoms with Crippen molar-refractivity contribution in [2.24, 2.45) is 11.8 Å². The van der Waals surface area contributed by atoms with E-state index in [-0.39, 0.29) is 23.8 Å². The largest absolute Gasteiger partial charge is 0.423 e. The van der Waals surface area contributed by atoms with Crippen LogP contribution in [0.15, 0.2) is 24.3 Å². The lowest BCUT2D eigenvalue weighted by molar-refractivity contribution is -0.141. The second kappa shape index (κ2) is 13.3. The van der Waals surface area contributed by atoms with E-state index in [0.29, 0.717) is 17.9 Å². The van der Waals surface area contributed by atoms with Gasteiger partial charge in [0.2, 0.25) is 0 Å². The Morgan fingerprint density at radius 1 is 0.815 bits per heavy atom. The fourth-order valence-corrected chi connectivity index (χ4v) is 2.67. The van der Waals surface area contributed by atoms with Gasteiger partial charge in [-0.3, -0.25) is 9.59 Å². The zero-order valence-corrected chi connectivity index (χ0v) is 17.5. The molecular weight excluding hydrogens is 340 g/mol. The van der Waals surface area contributed by atoms with E-state index in [1.165, 1.54) is 32.1 Å². The maximum atomic E-state index is 12.2. The first-order chi connectivity index (χ1) is 13.0. The number of carbonyl (C=O) groups excluding carboxylic acids is 2. The third-order valence-corrected chi connectivity index (χ3v) is 4.89. The normalized spacial score (nSPS) is 12.0. The molecule has 0 spiro atoms. The van der Waals surface area contributed by atoms with Gasteiger partial charge in [-0.1, -0.05) is 84.8 Å². The van der Waals surface area contributed by atoms with Gasteiger partial charge in [0.1, 0.15) is 0 Å². The Labute approximate surface area is 164 Å². The summed E-state index contributed by atoms with van der Waals surface area (Å²) < 4.78 is 10.9. The summed E-state index contributed by atoms with van der Waals surface area (Å²) in [5, 5.41) is 0. The Balaban J connectivity index is 2.39. The predicted octanol–water partition coefficient (Wildman–Crippen LogP) is 6.32. The average molecular weight is 377 g/mol. The van der Waals surface area contributed by atoms with Gasteiger partial charge in [-0.25, -0.2) is 0 Å². The van der Waals surface area contributed by atoms with Crippen LogP contribution in [0.1, 0.15) is 85.5 Å². The maximum absolute atomic E-state index is 12.2. The number of esters is 2. The number of rotatable bonds is 13. The second-order valence-electron chi connectivity index (χ2n) is 7.60. The lowest BCUT2D eigenvalue weighted by Gasteiger charge is -2.16. The van der Waals surface area contributed by atoms with Crippen LogP contribution in [0.25, 0.3) is 0 Å².